The van der Waals surface area contributed by atoms with Crippen molar-refractivity contribution in [3.8, 4) is 5.75 Å². The molecule has 2 rings (SSSR count). The Morgan fingerprint density at radius 2 is 1.93 bits per heavy atom. The molecule has 1 aliphatic heterocycles. The summed E-state index contributed by atoms with van der Waals surface area (Å²) in [4.78, 5) is 26.5. The Balaban J connectivity index is 1.66. The first-order chi connectivity index (χ1) is 12.8. The highest BCUT2D eigenvalue weighted by atomic mass is 35.5. The first-order valence-electron chi connectivity index (χ1n) is 9.66. The van der Waals surface area contributed by atoms with Crippen LogP contribution in [0, 0.1) is 12.3 Å². The largest absolute Gasteiger partial charge is 0.493 e. The molecule has 5 nitrogen and oxygen atoms in total. The molecule has 0 atom stereocenters. The molecule has 1 aromatic rings. The number of amides is 2. The van der Waals surface area contributed by atoms with Crippen LogP contribution in [-0.2, 0) is 9.59 Å². The molecule has 27 heavy (non-hydrogen) atoms. The third kappa shape index (κ3) is 6.42. The van der Waals surface area contributed by atoms with E-state index in [-0.39, 0.29) is 17.9 Å². The Hall–Kier alpha value is -1.75. The van der Waals surface area contributed by atoms with E-state index in [9.17, 15) is 9.59 Å². The smallest absolute Gasteiger partial charge is 0.227 e. The molecule has 1 saturated heterocycles. The summed E-state index contributed by atoms with van der Waals surface area (Å²) in [5.41, 5.74) is 0.538. The molecule has 0 spiro atoms. The number of carbonyl (C=O) groups excluding carboxylic acids is 2. The van der Waals surface area contributed by atoms with Crippen molar-refractivity contribution in [3.63, 3.8) is 0 Å². The zero-order valence-electron chi connectivity index (χ0n) is 16.6. The van der Waals surface area contributed by atoms with E-state index < -0.39 is 5.41 Å². The molecular formula is C21H31ClN2O3. The van der Waals surface area contributed by atoms with Crippen LogP contribution in [0.2, 0.25) is 0 Å². The van der Waals surface area contributed by atoms with Crippen molar-refractivity contribution in [1.82, 2.24) is 10.2 Å². The third-order valence-corrected chi connectivity index (χ3v) is 5.69. The number of ether oxygens (including phenoxy) is 1. The van der Waals surface area contributed by atoms with Crippen molar-refractivity contribution in [2.75, 3.05) is 25.6 Å². The summed E-state index contributed by atoms with van der Waals surface area (Å²) < 4.78 is 5.75. The van der Waals surface area contributed by atoms with Crippen LogP contribution in [0.4, 0.5) is 0 Å². The lowest BCUT2D eigenvalue weighted by molar-refractivity contribution is -0.133. The van der Waals surface area contributed by atoms with Gasteiger partial charge >= 0.3 is 0 Å². The van der Waals surface area contributed by atoms with Crippen LogP contribution in [0.5, 0.6) is 5.75 Å². The average Bonchev–Trinajstić information content (AvgIpc) is 2.66. The predicted octanol–water partition coefficient (Wildman–Crippen LogP) is 3.53. The minimum Gasteiger partial charge on any atom is -0.493 e. The van der Waals surface area contributed by atoms with Gasteiger partial charge in [0, 0.05) is 31.4 Å². The van der Waals surface area contributed by atoms with Gasteiger partial charge in [0.25, 0.3) is 0 Å². The average molecular weight is 395 g/mol. The van der Waals surface area contributed by atoms with Gasteiger partial charge in [-0.2, -0.15) is 0 Å². The number of alkyl halides is 1. The van der Waals surface area contributed by atoms with Crippen LogP contribution < -0.4 is 10.1 Å². The van der Waals surface area contributed by atoms with E-state index in [1.807, 2.05) is 49.9 Å². The second-order valence-corrected chi connectivity index (χ2v) is 8.13. The van der Waals surface area contributed by atoms with Crippen LogP contribution in [0.1, 0.15) is 45.1 Å². The van der Waals surface area contributed by atoms with E-state index in [0.29, 0.717) is 38.4 Å². The van der Waals surface area contributed by atoms with Crippen molar-refractivity contribution >= 4 is 23.4 Å². The van der Waals surface area contributed by atoms with Crippen LogP contribution in [0.3, 0.4) is 0 Å². The Morgan fingerprint density at radius 3 is 2.56 bits per heavy atom. The van der Waals surface area contributed by atoms with Crippen molar-refractivity contribution in [2.24, 2.45) is 5.41 Å². The summed E-state index contributed by atoms with van der Waals surface area (Å²) in [6.07, 6.45) is 2.76. The lowest BCUT2D eigenvalue weighted by Crippen LogP contribution is -2.49. The number of carbonyl (C=O) groups is 2. The summed E-state index contributed by atoms with van der Waals surface area (Å²) in [6, 6.07) is 8.01. The van der Waals surface area contributed by atoms with Gasteiger partial charge in [-0.15, -0.1) is 11.6 Å². The third-order valence-electron chi connectivity index (χ3n) is 5.02. The summed E-state index contributed by atoms with van der Waals surface area (Å²) in [5, 5.41) is 3.06. The van der Waals surface area contributed by atoms with E-state index in [2.05, 4.69) is 5.32 Å². The molecule has 6 heteroatoms. The van der Waals surface area contributed by atoms with E-state index in [4.69, 9.17) is 16.3 Å². The molecule has 1 heterocycles. The number of hydrogen-bond donors (Lipinski definition) is 1. The fourth-order valence-corrected chi connectivity index (χ4v) is 3.12. The van der Waals surface area contributed by atoms with Gasteiger partial charge in [-0.05, 0) is 51.7 Å². The van der Waals surface area contributed by atoms with Gasteiger partial charge in [0.05, 0.1) is 12.0 Å². The number of aryl methyl sites for hydroxylation is 1. The highest BCUT2D eigenvalue weighted by molar-refractivity contribution is 6.19. The van der Waals surface area contributed by atoms with Gasteiger partial charge in [0.1, 0.15) is 5.75 Å². The summed E-state index contributed by atoms with van der Waals surface area (Å²) in [6.45, 7) is 7.60. The minimum absolute atomic E-state index is 0.0179. The molecular weight excluding hydrogens is 364 g/mol. The number of nitrogens with zero attached hydrogens (tertiary/aromatic N) is 1. The maximum Gasteiger partial charge on any atom is 0.227 e. The summed E-state index contributed by atoms with van der Waals surface area (Å²) >= 11 is 5.85. The lowest BCUT2D eigenvalue weighted by atomic mass is 9.93. The van der Waals surface area contributed by atoms with Crippen molar-refractivity contribution in [2.45, 2.75) is 52.5 Å². The zero-order valence-corrected chi connectivity index (χ0v) is 17.3. The molecule has 1 aromatic carbocycles. The van der Waals surface area contributed by atoms with Crippen molar-refractivity contribution in [3.05, 3.63) is 29.8 Å². The molecule has 0 bridgehead atoms. The molecule has 1 N–H and O–H groups in total. The number of nitrogens with one attached hydrogen (secondary N) is 1. The van der Waals surface area contributed by atoms with E-state index in [1.165, 1.54) is 0 Å². The predicted molar refractivity (Wildman–Crippen MR) is 108 cm³/mol. The van der Waals surface area contributed by atoms with Gasteiger partial charge in [0.15, 0.2) is 0 Å². The number of hydrogen-bond acceptors (Lipinski definition) is 3. The fraction of sp³-hybridized carbons (Fsp3) is 0.619. The van der Waals surface area contributed by atoms with Crippen LogP contribution >= 0.6 is 11.6 Å². The second kappa shape index (κ2) is 9.98. The van der Waals surface area contributed by atoms with E-state index in [0.717, 1.165) is 24.2 Å². The topological polar surface area (TPSA) is 58.6 Å². The fourth-order valence-electron chi connectivity index (χ4n) is 3.00. The van der Waals surface area contributed by atoms with Crippen molar-refractivity contribution < 1.29 is 14.3 Å². The Labute approximate surface area is 167 Å². The summed E-state index contributed by atoms with van der Waals surface area (Å²) in [7, 11) is 0. The quantitative estimate of drug-likeness (QED) is 0.542. The highest BCUT2D eigenvalue weighted by Gasteiger charge is 2.30. The Bertz CT molecular complexity index is 640. The first kappa shape index (κ1) is 21.5. The standard InChI is InChI=1S/C21H31ClN2O3/c1-16-7-4-5-8-18(16)27-14-6-9-19(25)24-12-10-17(11-13-24)23-20(26)21(2,3)15-22/h4-5,7-8,17H,6,9-15H2,1-3H3,(H,23,26). The van der Waals surface area contributed by atoms with Gasteiger partial charge in [-0.1, -0.05) is 18.2 Å². The van der Waals surface area contributed by atoms with Crippen LogP contribution in [-0.4, -0.2) is 48.3 Å². The molecule has 0 radical (unpaired) electrons. The normalized spacial score (nSPS) is 15.5. The SMILES string of the molecule is Cc1ccccc1OCCCC(=O)N1CCC(NC(=O)C(C)(C)CCl)CC1. The monoisotopic (exact) mass is 394 g/mol. The second-order valence-electron chi connectivity index (χ2n) is 7.86. The molecule has 0 saturated carbocycles. The number of para-hydroxylation sites is 1. The minimum atomic E-state index is -0.564. The maximum absolute atomic E-state index is 12.4. The van der Waals surface area contributed by atoms with Crippen molar-refractivity contribution in [1.29, 1.82) is 0 Å². The number of rotatable bonds is 8. The zero-order chi connectivity index (χ0) is 19.9. The molecule has 0 aliphatic carbocycles. The maximum atomic E-state index is 12.4. The molecule has 2 amide bonds. The van der Waals surface area contributed by atoms with Gasteiger partial charge in [-0.25, -0.2) is 0 Å². The number of likely N-dealkylation sites (tertiary alicyclic amines) is 1. The number of benzene rings is 1. The molecule has 0 aromatic heterocycles. The Kier molecular flexibility index (Phi) is 7.96. The van der Waals surface area contributed by atoms with Crippen LogP contribution in [0.25, 0.3) is 0 Å². The molecule has 1 aliphatic rings. The molecule has 1 fully saturated rings. The number of piperidine rings is 1. The van der Waals surface area contributed by atoms with Gasteiger partial charge < -0.3 is 15.0 Å². The molecule has 150 valence electrons. The van der Waals surface area contributed by atoms with Gasteiger partial charge in [-0.3, -0.25) is 9.59 Å². The summed E-state index contributed by atoms with van der Waals surface area (Å²) in [5.74, 6) is 1.31. The first-order valence-corrected chi connectivity index (χ1v) is 10.2. The van der Waals surface area contributed by atoms with E-state index in [1.54, 1.807) is 0 Å². The molecule has 0 unspecified atom stereocenters. The van der Waals surface area contributed by atoms with Crippen LogP contribution in [0.15, 0.2) is 24.3 Å². The lowest BCUT2D eigenvalue weighted by Gasteiger charge is -2.34. The van der Waals surface area contributed by atoms with E-state index >= 15 is 0 Å². The van der Waals surface area contributed by atoms with Gasteiger partial charge in [0.2, 0.25) is 11.8 Å². The highest BCUT2D eigenvalue weighted by Crippen LogP contribution is 2.20. The Morgan fingerprint density at radius 1 is 1.26 bits per heavy atom. The number of halogens is 1.